The molecular formula is C33H33Cl2N3O3Si. The number of hydrogen-bond acceptors (Lipinski definition) is 4. The lowest BCUT2D eigenvalue weighted by Gasteiger charge is -2.43. The topological polar surface area (TPSA) is 77.0 Å². The highest BCUT2D eigenvalue weighted by Crippen LogP contribution is 2.38. The molecule has 0 fully saturated rings. The predicted molar refractivity (Wildman–Crippen MR) is 174 cm³/mol. The average Bonchev–Trinajstić information content (AvgIpc) is 2.95. The number of fused-ring (bicyclic) bond motifs is 1. The van der Waals surface area contributed by atoms with Crippen LogP contribution < -0.4 is 21.6 Å². The predicted octanol–water partition coefficient (Wildman–Crippen LogP) is 6.58. The third kappa shape index (κ3) is 5.26. The fourth-order valence-corrected chi connectivity index (χ4v) is 10.5. The van der Waals surface area contributed by atoms with Gasteiger partial charge < -0.3 is 4.43 Å². The van der Waals surface area contributed by atoms with Crippen molar-refractivity contribution in [1.82, 2.24) is 14.5 Å². The number of aromatic nitrogens is 3. The van der Waals surface area contributed by atoms with Crippen molar-refractivity contribution < 1.29 is 4.43 Å². The van der Waals surface area contributed by atoms with E-state index < -0.39 is 19.6 Å². The summed E-state index contributed by atoms with van der Waals surface area (Å²) < 4.78 is 8.68. The van der Waals surface area contributed by atoms with Crippen molar-refractivity contribution >= 4 is 52.9 Å². The standard InChI is InChI=1S/C33H33Cl2N3O3Si/c1-21(2)25-18-12-13-22(28(25)38-30-26(31(39)37-32(38)40)19-27(34)29(35)36-30)20-41-42(33(3,4)5,23-14-8-6-9-15-23)24-16-10-7-11-17-24/h6-19,21H,20H2,1-5H3,(H,37,39,40). The molecule has 0 aliphatic heterocycles. The Balaban J connectivity index is 1.77. The molecule has 5 rings (SSSR count). The first-order valence-electron chi connectivity index (χ1n) is 13.8. The van der Waals surface area contributed by atoms with E-state index in [1.54, 1.807) is 0 Å². The van der Waals surface area contributed by atoms with Gasteiger partial charge in [0, 0.05) is 5.56 Å². The average molecular weight is 619 g/mol. The molecular weight excluding hydrogens is 585 g/mol. The maximum absolute atomic E-state index is 13.5. The summed E-state index contributed by atoms with van der Waals surface area (Å²) in [6.45, 7) is 11.0. The number of nitrogens with zero attached hydrogens (tertiary/aromatic N) is 2. The van der Waals surface area contributed by atoms with Gasteiger partial charge in [0.25, 0.3) is 13.9 Å². The molecule has 2 aromatic heterocycles. The van der Waals surface area contributed by atoms with Gasteiger partial charge in [0.1, 0.15) is 5.15 Å². The van der Waals surface area contributed by atoms with E-state index >= 15 is 0 Å². The van der Waals surface area contributed by atoms with Crippen molar-refractivity contribution in [3.8, 4) is 5.69 Å². The summed E-state index contributed by atoms with van der Waals surface area (Å²) in [5, 5.41) is 2.38. The van der Waals surface area contributed by atoms with Gasteiger partial charge in [-0.05, 0) is 33.0 Å². The highest BCUT2D eigenvalue weighted by Gasteiger charge is 2.50. The number of nitrogens with one attached hydrogen (secondary N) is 1. The van der Waals surface area contributed by atoms with Crippen LogP contribution in [0, 0.1) is 0 Å². The zero-order valence-electron chi connectivity index (χ0n) is 24.2. The van der Waals surface area contributed by atoms with Gasteiger partial charge >= 0.3 is 5.69 Å². The first-order chi connectivity index (χ1) is 20.0. The molecule has 0 aliphatic rings. The normalized spacial score (nSPS) is 12.3. The SMILES string of the molecule is CC(C)c1cccc(CO[Si](c2ccccc2)(c2ccccc2)C(C)(C)C)c1-n1c(=O)[nH]c(=O)c2cc(Cl)c(Cl)nc21. The molecule has 0 atom stereocenters. The van der Waals surface area contributed by atoms with Crippen LogP contribution in [0.4, 0.5) is 0 Å². The maximum Gasteiger partial charge on any atom is 0.334 e. The van der Waals surface area contributed by atoms with Crippen molar-refractivity contribution in [2.24, 2.45) is 0 Å². The number of rotatable bonds is 7. The van der Waals surface area contributed by atoms with Gasteiger partial charge in [-0.2, -0.15) is 0 Å². The molecule has 0 radical (unpaired) electrons. The first kappa shape index (κ1) is 30.0. The van der Waals surface area contributed by atoms with E-state index in [4.69, 9.17) is 27.6 Å². The molecule has 6 nitrogen and oxygen atoms in total. The van der Waals surface area contributed by atoms with Gasteiger partial charge in [0.15, 0.2) is 5.65 Å². The Kier molecular flexibility index (Phi) is 8.32. The van der Waals surface area contributed by atoms with Gasteiger partial charge in [0.05, 0.1) is 22.7 Å². The zero-order chi connectivity index (χ0) is 30.2. The molecule has 216 valence electrons. The van der Waals surface area contributed by atoms with E-state index in [2.05, 4.69) is 68.9 Å². The van der Waals surface area contributed by atoms with E-state index in [0.717, 1.165) is 21.5 Å². The molecule has 0 bridgehead atoms. The van der Waals surface area contributed by atoms with Gasteiger partial charge in [-0.25, -0.2) is 14.3 Å². The molecule has 0 aliphatic carbocycles. The third-order valence-electron chi connectivity index (χ3n) is 7.65. The van der Waals surface area contributed by atoms with Crippen LogP contribution in [0.15, 0.2) is 94.5 Å². The summed E-state index contributed by atoms with van der Waals surface area (Å²) in [5.74, 6) is 0.0458. The summed E-state index contributed by atoms with van der Waals surface area (Å²) in [6, 6.07) is 28.1. The van der Waals surface area contributed by atoms with Gasteiger partial charge in [-0.1, -0.05) is 137 Å². The number of benzene rings is 3. The number of H-pyrrole nitrogens is 1. The fraction of sp³-hybridized carbons (Fsp3) is 0.242. The van der Waals surface area contributed by atoms with Gasteiger partial charge in [-0.15, -0.1) is 0 Å². The van der Waals surface area contributed by atoms with Crippen molar-refractivity contribution in [3.63, 3.8) is 0 Å². The van der Waals surface area contributed by atoms with E-state index in [9.17, 15) is 9.59 Å². The van der Waals surface area contributed by atoms with E-state index in [0.29, 0.717) is 5.69 Å². The molecule has 1 N–H and O–H groups in total. The molecule has 0 spiro atoms. The summed E-state index contributed by atoms with van der Waals surface area (Å²) >= 11 is 12.5. The Labute approximate surface area is 256 Å². The lowest BCUT2D eigenvalue weighted by molar-refractivity contribution is 0.286. The number of aromatic amines is 1. The Morgan fingerprint density at radius 2 is 1.50 bits per heavy atom. The van der Waals surface area contributed by atoms with E-state index in [-0.39, 0.29) is 38.8 Å². The van der Waals surface area contributed by atoms with Crippen LogP contribution in [0.1, 0.15) is 51.7 Å². The van der Waals surface area contributed by atoms with Crippen LogP contribution in [-0.2, 0) is 11.0 Å². The van der Waals surface area contributed by atoms with Crippen molar-refractivity contribution in [2.75, 3.05) is 0 Å². The van der Waals surface area contributed by atoms with Crippen LogP contribution >= 0.6 is 23.2 Å². The summed E-state index contributed by atoms with van der Waals surface area (Å²) in [4.78, 5) is 33.2. The van der Waals surface area contributed by atoms with Crippen LogP contribution in [-0.4, -0.2) is 22.9 Å². The highest BCUT2D eigenvalue weighted by molar-refractivity contribution is 6.99. The lowest BCUT2D eigenvalue weighted by atomic mass is 9.97. The largest absolute Gasteiger partial charge is 0.403 e. The highest BCUT2D eigenvalue weighted by atomic mass is 35.5. The van der Waals surface area contributed by atoms with Crippen molar-refractivity contribution in [2.45, 2.75) is 52.2 Å². The van der Waals surface area contributed by atoms with Gasteiger partial charge in [-0.3, -0.25) is 9.78 Å². The molecule has 0 amide bonds. The second-order valence-electron chi connectivity index (χ2n) is 11.7. The number of para-hydroxylation sites is 1. The molecule has 3 aromatic carbocycles. The number of hydrogen-bond donors (Lipinski definition) is 1. The summed E-state index contributed by atoms with van der Waals surface area (Å²) in [6.07, 6.45) is 0. The molecule has 5 aromatic rings. The molecule has 9 heteroatoms. The van der Waals surface area contributed by atoms with Crippen LogP contribution in [0.25, 0.3) is 16.7 Å². The van der Waals surface area contributed by atoms with Crippen LogP contribution in [0.2, 0.25) is 15.2 Å². The first-order valence-corrected chi connectivity index (χ1v) is 16.5. The molecule has 0 saturated carbocycles. The smallest absolute Gasteiger partial charge is 0.334 e. The summed E-state index contributed by atoms with van der Waals surface area (Å²) in [7, 11) is -2.89. The Bertz CT molecular complexity index is 1820. The monoisotopic (exact) mass is 617 g/mol. The van der Waals surface area contributed by atoms with E-state index in [1.807, 2.05) is 54.6 Å². The van der Waals surface area contributed by atoms with Crippen LogP contribution in [0.5, 0.6) is 0 Å². The van der Waals surface area contributed by atoms with Crippen molar-refractivity contribution in [1.29, 1.82) is 0 Å². The Morgan fingerprint density at radius 3 is 2.05 bits per heavy atom. The fourth-order valence-electron chi connectivity index (χ4n) is 5.73. The number of halogens is 2. The third-order valence-corrected chi connectivity index (χ3v) is 13.3. The van der Waals surface area contributed by atoms with Gasteiger partial charge in [0.2, 0.25) is 0 Å². The van der Waals surface area contributed by atoms with E-state index in [1.165, 1.54) is 10.6 Å². The van der Waals surface area contributed by atoms with Crippen LogP contribution in [0.3, 0.4) is 0 Å². The quantitative estimate of drug-likeness (QED) is 0.165. The number of pyridine rings is 1. The minimum atomic E-state index is -2.89. The van der Waals surface area contributed by atoms with Crippen molar-refractivity contribution in [3.05, 3.63) is 127 Å². The molecule has 0 saturated heterocycles. The molecule has 2 heterocycles. The molecule has 42 heavy (non-hydrogen) atoms. The second-order valence-corrected chi connectivity index (χ2v) is 16.8. The second kappa shape index (κ2) is 11.6. The Hall–Kier alpha value is -3.49. The minimum absolute atomic E-state index is 0.00931. The maximum atomic E-state index is 13.5. The Morgan fingerprint density at radius 1 is 0.905 bits per heavy atom. The minimum Gasteiger partial charge on any atom is -0.403 e. The molecule has 0 unspecified atom stereocenters. The summed E-state index contributed by atoms with van der Waals surface area (Å²) in [5.41, 5.74) is 1.25. The zero-order valence-corrected chi connectivity index (χ0v) is 26.8. The lowest BCUT2D eigenvalue weighted by Crippen LogP contribution is -2.66.